The number of fused-ring (bicyclic) bond motifs is 1. The molecule has 21 heavy (non-hydrogen) atoms. The zero-order valence-corrected chi connectivity index (χ0v) is 11.9. The number of hydrogen-bond donors (Lipinski definition) is 2. The Hall–Kier alpha value is -2.33. The van der Waals surface area contributed by atoms with Gasteiger partial charge in [0.2, 0.25) is 0 Å². The van der Waals surface area contributed by atoms with Crippen LogP contribution < -0.4 is 5.73 Å². The van der Waals surface area contributed by atoms with E-state index in [0.717, 1.165) is 41.9 Å². The molecule has 0 aliphatic heterocycles. The van der Waals surface area contributed by atoms with Crippen LogP contribution in [0.15, 0.2) is 48.5 Å². The van der Waals surface area contributed by atoms with E-state index in [1.54, 1.807) is 0 Å². The van der Waals surface area contributed by atoms with Crippen molar-refractivity contribution in [3.8, 4) is 0 Å². The van der Waals surface area contributed by atoms with E-state index in [2.05, 4.69) is 10.6 Å². The van der Waals surface area contributed by atoms with Gasteiger partial charge in [-0.3, -0.25) is 0 Å². The first-order valence-electron chi connectivity index (χ1n) is 7.17. The molecule has 0 saturated heterocycles. The van der Waals surface area contributed by atoms with E-state index in [0.29, 0.717) is 0 Å². The molecule has 0 saturated carbocycles. The molecule has 2 aromatic carbocycles. The molecule has 108 valence electrons. The molecule has 0 aliphatic rings. The zero-order valence-electron chi connectivity index (χ0n) is 11.9. The summed E-state index contributed by atoms with van der Waals surface area (Å²) in [6.45, 7) is 0.967. The molecule has 0 unspecified atom stereocenters. The number of benzene rings is 2. The standard InChI is InChI=1S/C17H19N3O/c18-14-8-6-13(7-9-14)12-17-19-15-4-1-2-5-16(15)20(17)10-3-11-21/h1-2,4-9,21H,3,10-12,18H2. The second-order valence-corrected chi connectivity index (χ2v) is 5.16. The van der Waals surface area contributed by atoms with Crippen LogP contribution in [0, 0.1) is 0 Å². The van der Waals surface area contributed by atoms with Crippen LogP contribution in [0.25, 0.3) is 11.0 Å². The van der Waals surface area contributed by atoms with Crippen LogP contribution in [0.4, 0.5) is 5.69 Å². The number of imidazole rings is 1. The Bertz CT molecular complexity index is 731. The summed E-state index contributed by atoms with van der Waals surface area (Å²) < 4.78 is 2.20. The number of hydrogen-bond acceptors (Lipinski definition) is 3. The quantitative estimate of drug-likeness (QED) is 0.707. The fourth-order valence-corrected chi connectivity index (χ4v) is 2.56. The third kappa shape index (κ3) is 2.90. The molecule has 3 N–H and O–H groups in total. The Morgan fingerprint density at radius 2 is 1.81 bits per heavy atom. The molecule has 0 atom stereocenters. The van der Waals surface area contributed by atoms with E-state index < -0.39 is 0 Å². The summed E-state index contributed by atoms with van der Waals surface area (Å²) in [7, 11) is 0. The maximum atomic E-state index is 9.10. The highest BCUT2D eigenvalue weighted by molar-refractivity contribution is 5.76. The van der Waals surface area contributed by atoms with Crippen LogP contribution in [-0.2, 0) is 13.0 Å². The van der Waals surface area contributed by atoms with Gasteiger partial charge in [-0.15, -0.1) is 0 Å². The number of para-hydroxylation sites is 2. The maximum Gasteiger partial charge on any atom is 0.114 e. The van der Waals surface area contributed by atoms with E-state index in [1.165, 1.54) is 5.56 Å². The molecular weight excluding hydrogens is 262 g/mol. The highest BCUT2D eigenvalue weighted by atomic mass is 16.3. The molecule has 1 aromatic heterocycles. The molecule has 0 fully saturated rings. The topological polar surface area (TPSA) is 64.1 Å². The number of aliphatic hydroxyl groups is 1. The Morgan fingerprint density at radius 3 is 2.57 bits per heavy atom. The van der Waals surface area contributed by atoms with Crippen LogP contribution in [0.3, 0.4) is 0 Å². The van der Waals surface area contributed by atoms with E-state index in [1.807, 2.05) is 42.5 Å². The minimum atomic E-state index is 0.188. The number of nitrogen functional groups attached to an aromatic ring is 1. The third-order valence-corrected chi connectivity index (χ3v) is 3.62. The molecule has 0 spiro atoms. The molecule has 0 aliphatic carbocycles. The van der Waals surface area contributed by atoms with Gasteiger partial charge in [0.25, 0.3) is 0 Å². The summed E-state index contributed by atoms with van der Waals surface area (Å²) in [6.07, 6.45) is 1.50. The molecular formula is C17H19N3O. The van der Waals surface area contributed by atoms with Crippen LogP contribution in [-0.4, -0.2) is 21.3 Å². The lowest BCUT2D eigenvalue weighted by Gasteiger charge is -2.08. The molecule has 1 heterocycles. The summed E-state index contributed by atoms with van der Waals surface area (Å²) in [5, 5.41) is 9.10. The van der Waals surface area contributed by atoms with Crippen LogP contribution in [0.1, 0.15) is 17.8 Å². The van der Waals surface area contributed by atoms with Crippen molar-refractivity contribution in [3.05, 3.63) is 59.9 Å². The monoisotopic (exact) mass is 281 g/mol. The number of aromatic nitrogens is 2. The largest absolute Gasteiger partial charge is 0.399 e. The summed E-state index contributed by atoms with van der Waals surface area (Å²) in [5.74, 6) is 1.02. The molecule has 0 bridgehead atoms. The van der Waals surface area contributed by atoms with Gasteiger partial charge in [-0.2, -0.15) is 0 Å². The lowest BCUT2D eigenvalue weighted by molar-refractivity contribution is 0.280. The minimum Gasteiger partial charge on any atom is -0.399 e. The van der Waals surface area contributed by atoms with Crippen molar-refractivity contribution >= 4 is 16.7 Å². The van der Waals surface area contributed by atoms with Gasteiger partial charge >= 0.3 is 0 Å². The van der Waals surface area contributed by atoms with Gasteiger partial charge in [0.05, 0.1) is 11.0 Å². The lowest BCUT2D eigenvalue weighted by atomic mass is 10.1. The Labute approximate surface area is 123 Å². The first-order valence-corrected chi connectivity index (χ1v) is 7.17. The molecule has 0 radical (unpaired) electrons. The summed E-state index contributed by atoms with van der Waals surface area (Å²) in [6, 6.07) is 16.0. The van der Waals surface area contributed by atoms with Crippen molar-refractivity contribution in [3.63, 3.8) is 0 Å². The van der Waals surface area contributed by atoms with Crippen molar-refractivity contribution in [2.24, 2.45) is 0 Å². The van der Waals surface area contributed by atoms with Crippen molar-refractivity contribution < 1.29 is 5.11 Å². The average molecular weight is 281 g/mol. The van der Waals surface area contributed by atoms with Crippen molar-refractivity contribution in [1.29, 1.82) is 0 Å². The molecule has 3 aromatic rings. The zero-order chi connectivity index (χ0) is 14.7. The molecule has 0 amide bonds. The third-order valence-electron chi connectivity index (χ3n) is 3.62. The summed E-state index contributed by atoms with van der Waals surface area (Å²) in [4.78, 5) is 4.73. The number of nitrogens with zero attached hydrogens (tertiary/aromatic N) is 2. The fourth-order valence-electron chi connectivity index (χ4n) is 2.56. The van der Waals surface area contributed by atoms with Crippen LogP contribution in [0.2, 0.25) is 0 Å². The first kappa shape index (κ1) is 13.6. The van der Waals surface area contributed by atoms with Gasteiger partial charge in [-0.05, 0) is 36.2 Å². The van der Waals surface area contributed by atoms with Gasteiger partial charge < -0.3 is 15.4 Å². The van der Waals surface area contributed by atoms with Crippen LogP contribution in [0.5, 0.6) is 0 Å². The lowest BCUT2D eigenvalue weighted by Crippen LogP contribution is -2.06. The van der Waals surface area contributed by atoms with E-state index in [4.69, 9.17) is 15.8 Å². The maximum absolute atomic E-state index is 9.10. The van der Waals surface area contributed by atoms with Gasteiger partial charge in [0.15, 0.2) is 0 Å². The number of nitrogens with two attached hydrogens (primary N) is 1. The molecule has 4 heteroatoms. The average Bonchev–Trinajstić information content (AvgIpc) is 2.85. The Balaban J connectivity index is 1.97. The predicted molar refractivity (Wildman–Crippen MR) is 85.1 cm³/mol. The number of anilines is 1. The first-order chi connectivity index (χ1) is 10.3. The van der Waals surface area contributed by atoms with Crippen LogP contribution >= 0.6 is 0 Å². The smallest absolute Gasteiger partial charge is 0.114 e. The number of rotatable bonds is 5. The minimum absolute atomic E-state index is 0.188. The van der Waals surface area contributed by atoms with Gasteiger partial charge in [0, 0.05) is 25.3 Å². The van der Waals surface area contributed by atoms with Gasteiger partial charge in [-0.1, -0.05) is 24.3 Å². The molecule has 4 nitrogen and oxygen atoms in total. The second-order valence-electron chi connectivity index (χ2n) is 5.16. The van der Waals surface area contributed by atoms with E-state index in [9.17, 15) is 0 Å². The van der Waals surface area contributed by atoms with Crippen molar-refractivity contribution in [2.75, 3.05) is 12.3 Å². The second kappa shape index (κ2) is 5.97. The Morgan fingerprint density at radius 1 is 1.05 bits per heavy atom. The van der Waals surface area contributed by atoms with E-state index in [-0.39, 0.29) is 6.61 Å². The Kier molecular flexibility index (Phi) is 3.88. The highest BCUT2D eigenvalue weighted by Gasteiger charge is 2.10. The highest BCUT2D eigenvalue weighted by Crippen LogP contribution is 2.19. The summed E-state index contributed by atoms with van der Waals surface area (Å²) >= 11 is 0. The SMILES string of the molecule is Nc1ccc(Cc2nc3ccccc3n2CCCO)cc1. The number of aryl methyl sites for hydroxylation is 1. The summed E-state index contributed by atoms with van der Waals surface area (Å²) in [5.41, 5.74) is 9.81. The molecule has 3 rings (SSSR count). The predicted octanol–water partition coefficient (Wildman–Crippen LogP) is 2.59. The van der Waals surface area contributed by atoms with Gasteiger partial charge in [-0.25, -0.2) is 4.98 Å². The van der Waals surface area contributed by atoms with Crippen molar-refractivity contribution in [2.45, 2.75) is 19.4 Å². The van der Waals surface area contributed by atoms with Crippen molar-refractivity contribution in [1.82, 2.24) is 9.55 Å². The normalized spacial score (nSPS) is 11.1. The van der Waals surface area contributed by atoms with E-state index >= 15 is 0 Å². The number of aliphatic hydroxyl groups excluding tert-OH is 1. The van der Waals surface area contributed by atoms with Gasteiger partial charge in [0.1, 0.15) is 5.82 Å². The fraction of sp³-hybridized carbons (Fsp3) is 0.235.